The molecule has 0 saturated carbocycles. The Hall–Kier alpha value is -4.08. The van der Waals surface area contributed by atoms with Crippen molar-refractivity contribution < 1.29 is 4.74 Å². The summed E-state index contributed by atoms with van der Waals surface area (Å²) in [7, 11) is 3.70. The van der Waals surface area contributed by atoms with Crippen molar-refractivity contribution in [3.63, 3.8) is 0 Å². The lowest BCUT2D eigenvalue weighted by Crippen LogP contribution is -2.22. The van der Waals surface area contributed by atoms with Crippen LogP contribution in [0.25, 0.3) is 22.8 Å². The molecule has 0 aliphatic heterocycles. The minimum absolute atomic E-state index is 0.524. The molecule has 0 radical (unpaired) electrons. The van der Waals surface area contributed by atoms with E-state index in [4.69, 9.17) is 22.1 Å². The Bertz CT molecular complexity index is 1460. The second kappa shape index (κ2) is 10.0. The van der Waals surface area contributed by atoms with E-state index in [1.54, 1.807) is 19.5 Å². The molecular formula is C26H25N7OS. The van der Waals surface area contributed by atoms with E-state index in [1.165, 1.54) is 0 Å². The quantitative estimate of drug-likeness (QED) is 0.297. The van der Waals surface area contributed by atoms with Gasteiger partial charge in [0, 0.05) is 36.3 Å². The van der Waals surface area contributed by atoms with Crippen LogP contribution >= 0.6 is 12.2 Å². The van der Waals surface area contributed by atoms with Crippen molar-refractivity contribution in [2.45, 2.75) is 13.2 Å². The lowest BCUT2D eigenvalue weighted by Gasteiger charge is -2.15. The van der Waals surface area contributed by atoms with Gasteiger partial charge >= 0.3 is 0 Å². The van der Waals surface area contributed by atoms with Crippen LogP contribution in [0.4, 0.5) is 0 Å². The van der Waals surface area contributed by atoms with Crippen molar-refractivity contribution in [1.29, 1.82) is 0 Å². The maximum Gasteiger partial charge on any atom is 0.204 e. The molecule has 35 heavy (non-hydrogen) atoms. The number of benzene rings is 2. The number of para-hydroxylation sites is 1. The van der Waals surface area contributed by atoms with Gasteiger partial charge in [-0.25, -0.2) is 9.36 Å². The minimum atomic E-state index is 0.524. The summed E-state index contributed by atoms with van der Waals surface area (Å²) >= 11 is 5.88. The van der Waals surface area contributed by atoms with E-state index < -0.39 is 0 Å². The number of methoxy groups -OCH3 is 1. The third-order valence-electron chi connectivity index (χ3n) is 5.59. The summed E-state index contributed by atoms with van der Waals surface area (Å²) in [5, 5.41) is 9.39. The monoisotopic (exact) mass is 483 g/mol. The molecule has 3 heterocycles. The van der Waals surface area contributed by atoms with Crippen molar-refractivity contribution >= 4 is 12.2 Å². The molecule has 176 valence electrons. The number of ether oxygens (including phenoxy) is 1. The Kier molecular flexibility index (Phi) is 6.51. The summed E-state index contributed by atoms with van der Waals surface area (Å²) < 4.78 is 11.6. The molecule has 0 unspecified atom stereocenters. The number of nitrogens with zero attached hydrogens (tertiary/aromatic N) is 7. The van der Waals surface area contributed by atoms with E-state index >= 15 is 0 Å². The second-order valence-electron chi connectivity index (χ2n) is 8.16. The molecule has 9 heteroatoms. The van der Waals surface area contributed by atoms with Crippen LogP contribution in [0.1, 0.15) is 5.56 Å². The lowest BCUT2D eigenvalue weighted by molar-refractivity contribution is 0.244. The van der Waals surface area contributed by atoms with Crippen molar-refractivity contribution in [3.05, 3.63) is 102 Å². The highest BCUT2D eigenvalue weighted by molar-refractivity contribution is 7.71. The summed E-state index contributed by atoms with van der Waals surface area (Å²) in [6.07, 6.45) is 7.45. The third-order valence-corrected chi connectivity index (χ3v) is 5.99. The average molecular weight is 484 g/mol. The maximum absolute atomic E-state index is 5.88. The van der Waals surface area contributed by atoms with E-state index in [0.29, 0.717) is 18.0 Å². The van der Waals surface area contributed by atoms with Gasteiger partial charge in [0.25, 0.3) is 0 Å². The van der Waals surface area contributed by atoms with Gasteiger partial charge < -0.3 is 4.74 Å². The van der Waals surface area contributed by atoms with Gasteiger partial charge in [0.15, 0.2) is 5.82 Å². The van der Waals surface area contributed by atoms with Gasteiger partial charge in [0.05, 0.1) is 31.4 Å². The van der Waals surface area contributed by atoms with Crippen molar-refractivity contribution in [2.24, 2.45) is 0 Å². The van der Waals surface area contributed by atoms with Crippen LogP contribution in [0.15, 0.2) is 91.5 Å². The molecule has 8 nitrogen and oxygen atoms in total. The number of pyridine rings is 1. The number of hydrogen-bond acceptors (Lipinski definition) is 6. The van der Waals surface area contributed by atoms with Crippen LogP contribution in [-0.2, 0) is 13.2 Å². The highest BCUT2D eigenvalue weighted by Crippen LogP contribution is 2.24. The third kappa shape index (κ3) is 4.91. The Labute approximate surface area is 208 Å². The zero-order valence-corrected chi connectivity index (χ0v) is 20.3. The van der Waals surface area contributed by atoms with Crippen LogP contribution in [-0.4, -0.2) is 48.2 Å². The zero-order valence-electron chi connectivity index (χ0n) is 19.5. The number of rotatable bonds is 8. The van der Waals surface area contributed by atoms with Crippen LogP contribution in [0.3, 0.4) is 0 Å². The summed E-state index contributed by atoms with van der Waals surface area (Å²) in [4.78, 5) is 6.30. The molecule has 0 aliphatic rings. The standard InChI is InChI=1S/C26H25N7OS/c1-30(17-20-16-28-31(18-20)22-6-4-3-5-7-22)19-32-26(35)33(23-8-10-24(34-2)11-9-23)25(29-32)21-12-14-27-15-13-21/h3-16,18H,17,19H2,1-2H3. The van der Waals surface area contributed by atoms with Crippen LogP contribution in [0.5, 0.6) is 5.75 Å². The second-order valence-corrected chi connectivity index (χ2v) is 8.52. The Morgan fingerprint density at radius 1 is 0.943 bits per heavy atom. The van der Waals surface area contributed by atoms with Crippen molar-refractivity contribution in [1.82, 2.24) is 34.0 Å². The minimum Gasteiger partial charge on any atom is -0.497 e. The molecule has 0 saturated heterocycles. The number of hydrogen-bond donors (Lipinski definition) is 0. The van der Waals surface area contributed by atoms with E-state index in [1.807, 2.05) is 100 Å². The molecule has 0 atom stereocenters. The van der Waals surface area contributed by atoms with Gasteiger partial charge in [0.1, 0.15) is 5.75 Å². The first-order valence-electron chi connectivity index (χ1n) is 11.1. The van der Waals surface area contributed by atoms with Gasteiger partial charge in [-0.1, -0.05) is 18.2 Å². The molecule has 5 rings (SSSR count). The van der Waals surface area contributed by atoms with E-state index in [0.717, 1.165) is 34.1 Å². The average Bonchev–Trinajstić information content (AvgIpc) is 3.49. The van der Waals surface area contributed by atoms with Gasteiger partial charge in [-0.2, -0.15) is 5.10 Å². The normalized spacial score (nSPS) is 11.2. The summed E-state index contributed by atoms with van der Waals surface area (Å²) in [5.41, 5.74) is 3.99. The van der Waals surface area contributed by atoms with Crippen molar-refractivity contribution in [3.8, 4) is 28.5 Å². The van der Waals surface area contributed by atoms with Gasteiger partial charge in [-0.15, -0.1) is 5.10 Å². The number of aromatic nitrogens is 6. The Morgan fingerprint density at radius 3 is 2.40 bits per heavy atom. The smallest absolute Gasteiger partial charge is 0.204 e. The van der Waals surface area contributed by atoms with Gasteiger partial charge in [-0.05, 0) is 67.8 Å². The molecule has 0 N–H and O–H groups in total. The highest BCUT2D eigenvalue weighted by Gasteiger charge is 2.16. The zero-order chi connectivity index (χ0) is 24.2. The van der Waals surface area contributed by atoms with Crippen LogP contribution in [0, 0.1) is 4.77 Å². The van der Waals surface area contributed by atoms with E-state index in [9.17, 15) is 0 Å². The molecule has 0 fully saturated rings. The fraction of sp³-hybridized carbons (Fsp3) is 0.154. The largest absolute Gasteiger partial charge is 0.497 e. The fourth-order valence-electron chi connectivity index (χ4n) is 3.91. The Balaban J connectivity index is 1.42. The molecule has 0 aliphatic carbocycles. The molecule has 2 aromatic carbocycles. The van der Waals surface area contributed by atoms with Gasteiger partial charge in [-0.3, -0.25) is 14.5 Å². The fourth-order valence-corrected chi connectivity index (χ4v) is 4.20. The predicted octanol–water partition coefficient (Wildman–Crippen LogP) is 4.75. The maximum atomic E-state index is 5.88. The van der Waals surface area contributed by atoms with Crippen molar-refractivity contribution in [2.75, 3.05) is 14.2 Å². The molecule has 0 bridgehead atoms. The SMILES string of the molecule is COc1ccc(-n2c(-c3ccncc3)nn(CN(C)Cc3cnn(-c4ccccc4)c3)c2=S)cc1. The Morgan fingerprint density at radius 2 is 1.69 bits per heavy atom. The molecule has 0 amide bonds. The summed E-state index contributed by atoms with van der Waals surface area (Å²) in [6.45, 7) is 1.23. The van der Waals surface area contributed by atoms with E-state index in [2.05, 4.69) is 15.0 Å². The van der Waals surface area contributed by atoms with Gasteiger partial charge in [0.2, 0.25) is 4.77 Å². The molecule has 0 spiro atoms. The molecule has 5 aromatic rings. The summed E-state index contributed by atoms with van der Waals surface area (Å²) in [6, 6.07) is 21.7. The first-order chi connectivity index (χ1) is 17.1. The topological polar surface area (TPSA) is 65.9 Å². The predicted molar refractivity (Wildman–Crippen MR) is 137 cm³/mol. The van der Waals surface area contributed by atoms with E-state index in [-0.39, 0.29) is 0 Å². The highest BCUT2D eigenvalue weighted by atomic mass is 32.1. The molecular weight excluding hydrogens is 458 g/mol. The molecule has 3 aromatic heterocycles. The van der Waals surface area contributed by atoms with Crippen LogP contribution < -0.4 is 4.74 Å². The lowest BCUT2D eigenvalue weighted by atomic mass is 10.2. The first-order valence-corrected chi connectivity index (χ1v) is 11.6. The van der Waals surface area contributed by atoms with Crippen LogP contribution in [0.2, 0.25) is 0 Å². The summed E-state index contributed by atoms with van der Waals surface area (Å²) in [5.74, 6) is 1.54. The first kappa shape index (κ1) is 22.7.